The van der Waals surface area contributed by atoms with E-state index < -0.39 is 0 Å². The Kier molecular flexibility index (Phi) is 2.42. The zero-order chi connectivity index (χ0) is 9.10. The van der Waals surface area contributed by atoms with E-state index in [-0.39, 0.29) is 0 Å². The van der Waals surface area contributed by atoms with Gasteiger partial charge >= 0.3 is 0 Å². The first-order valence-electron chi connectivity index (χ1n) is 3.63. The number of nitrogens with zero attached hydrogens (tertiary/aromatic N) is 2. The molecular weight excluding hydrogens is 206 g/mol. The molecule has 0 aliphatic rings. The van der Waals surface area contributed by atoms with Crippen molar-refractivity contribution in [2.75, 3.05) is 5.32 Å². The molecule has 0 bridgehead atoms. The lowest BCUT2D eigenvalue weighted by Crippen LogP contribution is -1.93. The van der Waals surface area contributed by atoms with Crippen molar-refractivity contribution in [3.8, 4) is 0 Å². The molecule has 0 saturated heterocycles. The van der Waals surface area contributed by atoms with Crippen molar-refractivity contribution in [3.63, 3.8) is 0 Å². The molecule has 0 aliphatic heterocycles. The van der Waals surface area contributed by atoms with E-state index in [0.717, 1.165) is 5.69 Å². The third kappa shape index (κ3) is 2.17. The van der Waals surface area contributed by atoms with E-state index in [1.165, 1.54) is 0 Å². The number of hydrogen-bond acceptors (Lipinski definition) is 4. The van der Waals surface area contributed by atoms with Crippen LogP contribution in [0.5, 0.6) is 0 Å². The lowest BCUT2D eigenvalue weighted by Gasteiger charge is -2.00. The van der Waals surface area contributed by atoms with Crippen molar-refractivity contribution in [1.82, 2.24) is 10.2 Å². The largest absolute Gasteiger partial charge is 0.338 e. The van der Waals surface area contributed by atoms with Gasteiger partial charge in [-0.2, -0.15) is 11.3 Å². The summed E-state index contributed by atoms with van der Waals surface area (Å²) < 4.78 is 0. The summed E-state index contributed by atoms with van der Waals surface area (Å²) in [6.45, 7) is 0. The van der Waals surface area contributed by atoms with Crippen LogP contribution in [0.3, 0.4) is 0 Å². The summed E-state index contributed by atoms with van der Waals surface area (Å²) in [4.78, 5) is 0. The lowest BCUT2D eigenvalue weighted by atomic mass is 10.5. The number of nitrogens with one attached hydrogen (secondary N) is 1. The summed E-state index contributed by atoms with van der Waals surface area (Å²) in [5, 5.41) is 15.1. The van der Waals surface area contributed by atoms with Crippen molar-refractivity contribution in [2.24, 2.45) is 0 Å². The van der Waals surface area contributed by atoms with Crippen LogP contribution < -0.4 is 5.32 Å². The minimum atomic E-state index is 0.399. The molecule has 2 rings (SSSR count). The molecule has 0 atom stereocenters. The normalized spacial score (nSPS) is 9.92. The Hall–Kier alpha value is -1.13. The highest BCUT2D eigenvalue weighted by Gasteiger charge is 1.96. The maximum atomic E-state index is 5.59. The molecule has 0 fully saturated rings. The van der Waals surface area contributed by atoms with Gasteiger partial charge in [-0.15, -0.1) is 10.2 Å². The van der Waals surface area contributed by atoms with E-state index >= 15 is 0 Å². The van der Waals surface area contributed by atoms with Crippen LogP contribution in [0.1, 0.15) is 0 Å². The minimum absolute atomic E-state index is 0.399. The summed E-state index contributed by atoms with van der Waals surface area (Å²) in [6.07, 6.45) is 0. The van der Waals surface area contributed by atoms with Crippen LogP contribution in [0.25, 0.3) is 0 Å². The third-order valence-corrected chi connectivity index (χ3v) is 2.31. The van der Waals surface area contributed by atoms with E-state index in [0.29, 0.717) is 11.0 Å². The summed E-state index contributed by atoms with van der Waals surface area (Å²) in [7, 11) is 0. The number of aromatic nitrogens is 2. The molecular formula is C8H6ClN3S. The van der Waals surface area contributed by atoms with Gasteiger partial charge in [0.15, 0.2) is 11.0 Å². The molecule has 0 unspecified atom stereocenters. The fraction of sp³-hybridized carbons (Fsp3) is 0. The Morgan fingerprint density at radius 3 is 2.77 bits per heavy atom. The second-order valence-electron chi connectivity index (χ2n) is 2.38. The van der Waals surface area contributed by atoms with Gasteiger partial charge < -0.3 is 5.32 Å². The van der Waals surface area contributed by atoms with Gasteiger partial charge in [-0.25, -0.2) is 0 Å². The van der Waals surface area contributed by atoms with Crippen LogP contribution in [0.15, 0.2) is 29.0 Å². The number of rotatable bonds is 2. The van der Waals surface area contributed by atoms with Gasteiger partial charge in [0.05, 0.1) is 5.69 Å². The summed E-state index contributed by atoms with van der Waals surface area (Å²) in [6, 6.07) is 5.46. The molecule has 0 aromatic carbocycles. The topological polar surface area (TPSA) is 37.8 Å². The molecule has 66 valence electrons. The fourth-order valence-electron chi connectivity index (χ4n) is 0.866. The van der Waals surface area contributed by atoms with Crippen molar-refractivity contribution in [1.29, 1.82) is 0 Å². The Balaban J connectivity index is 2.15. The molecule has 5 heteroatoms. The summed E-state index contributed by atoms with van der Waals surface area (Å²) >= 11 is 7.22. The first-order valence-corrected chi connectivity index (χ1v) is 4.95. The van der Waals surface area contributed by atoms with Crippen molar-refractivity contribution >= 4 is 34.4 Å². The molecule has 3 nitrogen and oxygen atoms in total. The molecule has 0 radical (unpaired) electrons. The monoisotopic (exact) mass is 211 g/mol. The van der Waals surface area contributed by atoms with Gasteiger partial charge in [0.2, 0.25) is 0 Å². The minimum Gasteiger partial charge on any atom is -0.338 e. The van der Waals surface area contributed by atoms with E-state index in [2.05, 4.69) is 15.5 Å². The second-order valence-corrected chi connectivity index (χ2v) is 3.55. The average molecular weight is 212 g/mol. The lowest BCUT2D eigenvalue weighted by molar-refractivity contribution is 1.04. The van der Waals surface area contributed by atoms with Crippen LogP contribution in [-0.4, -0.2) is 10.2 Å². The molecule has 0 spiro atoms. The van der Waals surface area contributed by atoms with Gasteiger partial charge in [0.25, 0.3) is 0 Å². The number of hydrogen-bond donors (Lipinski definition) is 1. The standard InChI is InChI=1S/C8H6ClN3S/c9-7-1-2-8(12-11-7)10-6-3-4-13-5-6/h1-5H,(H,10,12). The van der Waals surface area contributed by atoms with E-state index in [9.17, 15) is 0 Å². The third-order valence-electron chi connectivity index (χ3n) is 1.43. The molecule has 2 aromatic heterocycles. The second kappa shape index (κ2) is 3.72. The van der Waals surface area contributed by atoms with Gasteiger partial charge in [-0.1, -0.05) is 11.6 Å². The molecule has 0 amide bonds. The van der Waals surface area contributed by atoms with Crippen LogP contribution in [0, 0.1) is 0 Å². The summed E-state index contributed by atoms with van der Waals surface area (Å²) in [5.41, 5.74) is 1.02. The SMILES string of the molecule is Clc1ccc(Nc2ccsc2)nn1. The first kappa shape index (κ1) is 8.47. The van der Waals surface area contributed by atoms with E-state index in [4.69, 9.17) is 11.6 Å². The first-order chi connectivity index (χ1) is 6.34. The van der Waals surface area contributed by atoms with Gasteiger partial charge in [0.1, 0.15) is 0 Å². The molecule has 0 aliphatic carbocycles. The van der Waals surface area contributed by atoms with Gasteiger partial charge in [0, 0.05) is 5.38 Å². The molecule has 13 heavy (non-hydrogen) atoms. The Labute approximate surface area is 84.4 Å². The van der Waals surface area contributed by atoms with Gasteiger partial charge in [-0.3, -0.25) is 0 Å². The quantitative estimate of drug-likeness (QED) is 0.830. The highest BCUT2D eigenvalue weighted by molar-refractivity contribution is 7.08. The van der Waals surface area contributed by atoms with Crippen LogP contribution in [0.2, 0.25) is 5.15 Å². The molecule has 2 aromatic rings. The van der Waals surface area contributed by atoms with Crippen molar-refractivity contribution < 1.29 is 0 Å². The van der Waals surface area contributed by atoms with Gasteiger partial charge in [-0.05, 0) is 23.6 Å². The predicted molar refractivity (Wildman–Crippen MR) is 54.6 cm³/mol. The van der Waals surface area contributed by atoms with E-state index in [1.54, 1.807) is 23.5 Å². The Morgan fingerprint density at radius 2 is 2.15 bits per heavy atom. The zero-order valence-electron chi connectivity index (χ0n) is 6.57. The maximum absolute atomic E-state index is 5.59. The smallest absolute Gasteiger partial charge is 0.153 e. The zero-order valence-corrected chi connectivity index (χ0v) is 8.14. The average Bonchev–Trinajstić information content (AvgIpc) is 2.62. The van der Waals surface area contributed by atoms with Crippen LogP contribution in [0.4, 0.5) is 11.5 Å². The highest BCUT2D eigenvalue weighted by atomic mass is 35.5. The predicted octanol–water partition coefficient (Wildman–Crippen LogP) is 2.94. The molecule has 2 heterocycles. The summed E-state index contributed by atoms with van der Waals surface area (Å²) in [5.74, 6) is 0.697. The van der Waals surface area contributed by atoms with Crippen molar-refractivity contribution in [3.05, 3.63) is 34.1 Å². The molecule has 1 N–H and O–H groups in total. The number of anilines is 2. The highest BCUT2D eigenvalue weighted by Crippen LogP contribution is 2.17. The fourth-order valence-corrected chi connectivity index (χ4v) is 1.55. The van der Waals surface area contributed by atoms with E-state index in [1.807, 2.05) is 16.8 Å². The number of thiophene rings is 1. The van der Waals surface area contributed by atoms with Crippen LogP contribution >= 0.6 is 22.9 Å². The number of halogens is 1. The maximum Gasteiger partial charge on any atom is 0.153 e. The van der Waals surface area contributed by atoms with Crippen LogP contribution in [-0.2, 0) is 0 Å². The van der Waals surface area contributed by atoms with Crippen molar-refractivity contribution in [2.45, 2.75) is 0 Å². The molecule has 0 saturated carbocycles. The Bertz CT molecular complexity index is 371. The Morgan fingerprint density at radius 1 is 1.23 bits per heavy atom.